The Balaban J connectivity index is 2.00. The summed E-state index contributed by atoms with van der Waals surface area (Å²) in [4.78, 5) is 4.23. The summed E-state index contributed by atoms with van der Waals surface area (Å²) in [5.41, 5.74) is 2.44. The number of hydrogen-bond acceptors (Lipinski definition) is 2. The lowest BCUT2D eigenvalue weighted by Gasteiger charge is -2.07. The lowest BCUT2D eigenvalue weighted by Crippen LogP contribution is -2.06. The lowest BCUT2D eigenvalue weighted by molar-refractivity contribution is 0.813. The highest BCUT2D eigenvalue weighted by atomic mass is 35.5. The standard InChI is InChI=1S/C13H16ClN3/c1-3-10-4-6-11(7-5-10)15-9-13-16-8-12(14)17(13)2/h4-8,15H,3,9H2,1-2H3. The average molecular weight is 250 g/mol. The van der Waals surface area contributed by atoms with E-state index in [1.807, 2.05) is 11.6 Å². The van der Waals surface area contributed by atoms with Crippen LogP contribution >= 0.6 is 11.6 Å². The van der Waals surface area contributed by atoms with Gasteiger partial charge in [0.15, 0.2) is 0 Å². The van der Waals surface area contributed by atoms with Crippen molar-refractivity contribution in [2.24, 2.45) is 7.05 Å². The number of nitrogens with zero attached hydrogens (tertiary/aromatic N) is 2. The normalized spacial score (nSPS) is 10.5. The van der Waals surface area contributed by atoms with Crippen LogP contribution in [0.25, 0.3) is 0 Å². The van der Waals surface area contributed by atoms with Gasteiger partial charge in [-0.3, -0.25) is 0 Å². The van der Waals surface area contributed by atoms with Gasteiger partial charge in [0.2, 0.25) is 0 Å². The van der Waals surface area contributed by atoms with Gasteiger partial charge < -0.3 is 9.88 Å². The van der Waals surface area contributed by atoms with Crippen LogP contribution in [0.4, 0.5) is 5.69 Å². The van der Waals surface area contributed by atoms with Crippen molar-refractivity contribution >= 4 is 17.3 Å². The molecule has 17 heavy (non-hydrogen) atoms. The molecule has 90 valence electrons. The number of rotatable bonds is 4. The predicted molar refractivity (Wildman–Crippen MR) is 71.4 cm³/mol. The predicted octanol–water partition coefficient (Wildman–Crippen LogP) is 3.25. The molecule has 3 nitrogen and oxygen atoms in total. The molecule has 0 fully saturated rings. The summed E-state index contributed by atoms with van der Waals surface area (Å²) in [5.74, 6) is 0.926. The second-order valence-electron chi connectivity index (χ2n) is 3.96. The van der Waals surface area contributed by atoms with E-state index in [1.54, 1.807) is 6.20 Å². The van der Waals surface area contributed by atoms with Crippen LogP contribution in [0.5, 0.6) is 0 Å². The van der Waals surface area contributed by atoms with Crippen LogP contribution in [-0.4, -0.2) is 9.55 Å². The molecule has 0 aliphatic heterocycles. The monoisotopic (exact) mass is 249 g/mol. The van der Waals surface area contributed by atoms with Crippen LogP contribution in [0.15, 0.2) is 30.5 Å². The van der Waals surface area contributed by atoms with Gasteiger partial charge in [0.05, 0.1) is 12.7 Å². The summed E-state index contributed by atoms with van der Waals surface area (Å²) in [6.07, 6.45) is 2.73. The van der Waals surface area contributed by atoms with Crippen molar-refractivity contribution < 1.29 is 0 Å². The van der Waals surface area contributed by atoms with Crippen molar-refractivity contribution in [2.75, 3.05) is 5.32 Å². The van der Waals surface area contributed by atoms with E-state index in [0.29, 0.717) is 11.7 Å². The van der Waals surface area contributed by atoms with Crippen molar-refractivity contribution in [3.8, 4) is 0 Å². The van der Waals surface area contributed by atoms with Crippen LogP contribution in [0, 0.1) is 0 Å². The summed E-state index contributed by atoms with van der Waals surface area (Å²) in [6.45, 7) is 2.83. The summed E-state index contributed by atoms with van der Waals surface area (Å²) in [5, 5.41) is 3.98. The zero-order valence-electron chi connectivity index (χ0n) is 10.1. The third-order valence-electron chi connectivity index (χ3n) is 2.84. The average Bonchev–Trinajstić information content (AvgIpc) is 2.68. The number of aryl methyl sites for hydroxylation is 1. The molecule has 1 aromatic carbocycles. The minimum Gasteiger partial charge on any atom is -0.378 e. The van der Waals surface area contributed by atoms with Gasteiger partial charge in [-0.25, -0.2) is 4.98 Å². The van der Waals surface area contributed by atoms with Crippen LogP contribution in [0.3, 0.4) is 0 Å². The first kappa shape index (κ1) is 12.0. The molecule has 0 spiro atoms. The first-order valence-corrected chi connectivity index (χ1v) is 6.07. The SMILES string of the molecule is CCc1ccc(NCc2ncc(Cl)n2C)cc1. The van der Waals surface area contributed by atoms with Gasteiger partial charge in [-0.05, 0) is 24.1 Å². The molecule has 0 unspecified atom stereocenters. The van der Waals surface area contributed by atoms with E-state index in [4.69, 9.17) is 11.6 Å². The number of benzene rings is 1. The van der Waals surface area contributed by atoms with E-state index in [0.717, 1.165) is 17.9 Å². The summed E-state index contributed by atoms with van der Waals surface area (Å²) >= 11 is 5.92. The van der Waals surface area contributed by atoms with E-state index in [9.17, 15) is 0 Å². The quantitative estimate of drug-likeness (QED) is 0.902. The third-order valence-corrected chi connectivity index (χ3v) is 3.19. The Bertz CT molecular complexity index is 488. The molecule has 0 amide bonds. The fourth-order valence-electron chi connectivity index (χ4n) is 1.63. The lowest BCUT2D eigenvalue weighted by atomic mass is 10.1. The fraction of sp³-hybridized carbons (Fsp3) is 0.308. The second kappa shape index (κ2) is 5.23. The van der Waals surface area contributed by atoms with Crippen molar-refractivity contribution in [3.05, 3.63) is 47.0 Å². The Labute approximate surface area is 106 Å². The smallest absolute Gasteiger partial charge is 0.128 e. The van der Waals surface area contributed by atoms with E-state index < -0.39 is 0 Å². The van der Waals surface area contributed by atoms with Crippen LogP contribution in [0.2, 0.25) is 5.15 Å². The molecule has 0 aliphatic carbocycles. The summed E-state index contributed by atoms with van der Waals surface area (Å²) < 4.78 is 1.87. The maximum atomic E-state index is 5.92. The van der Waals surface area contributed by atoms with Gasteiger partial charge in [-0.15, -0.1) is 0 Å². The van der Waals surface area contributed by atoms with Gasteiger partial charge in [0.25, 0.3) is 0 Å². The molecule has 0 radical (unpaired) electrons. The fourth-order valence-corrected chi connectivity index (χ4v) is 1.77. The third kappa shape index (κ3) is 2.80. The molecule has 1 aromatic heterocycles. The minimum atomic E-state index is 0.656. The molecule has 2 aromatic rings. The Kier molecular flexibility index (Phi) is 3.69. The highest BCUT2D eigenvalue weighted by Crippen LogP contribution is 2.13. The van der Waals surface area contributed by atoms with Crippen LogP contribution < -0.4 is 5.32 Å². The molecule has 0 bridgehead atoms. The topological polar surface area (TPSA) is 29.9 Å². The van der Waals surface area contributed by atoms with Gasteiger partial charge >= 0.3 is 0 Å². The molecule has 0 saturated carbocycles. The Morgan fingerprint density at radius 2 is 2.00 bits per heavy atom. The number of aromatic nitrogens is 2. The molecular weight excluding hydrogens is 234 g/mol. The van der Waals surface area contributed by atoms with Crippen molar-refractivity contribution in [3.63, 3.8) is 0 Å². The van der Waals surface area contributed by atoms with Crippen molar-refractivity contribution in [1.29, 1.82) is 0 Å². The van der Waals surface area contributed by atoms with Gasteiger partial charge in [-0.2, -0.15) is 0 Å². The molecule has 0 atom stereocenters. The van der Waals surface area contributed by atoms with Crippen LogP contribution in [-0.2, 0) is 20.0 Å². The molecule has 2 rings (SSSR count). The highest BCUT2D eigenvalue weighted by Gasteiger charge is 2.03. The molecule has 0 aliphatic rings. The van der Waals surface area contributed by atoms with E-state index in [2.05, 4.69) is 41.5 Å². The molecule has 1 heterocycles. The Morgan fingerprint density at radius 1 is 1.29 bits per heavy atom. The second-order valence-corrected chi connectivity index (χ2v) is 4.35. The minimum absolute atomic E-state index is 0.656. The van der Waals surface area contributed by atoms with E-state index in [1.165, 1.54) is 5.56 Å². The number of anilines is 1. The number of imidazole rings is 1. The van der Waals surface area contributed by atoms with Crippen molar-refractivity contribution in [1.82, 2.24) is 9.55 Å². The first-order chi connectivity index (χ1) is 8.20. The Hall–Kier alpha value is -1.48. The van der Waals surface area contributed by atoms with E-state index >= 15 is 0 Å². The van der Waals surface area contributed by atoms with Crippen molar-refractivity contribution in [2.45, 2.75) is 19.9 Å². The molecule has 4 heteroatoms. The first-order valence-electron chi connectivity index (χ1n) is 5.69. The van der Waals surface area contributed by atoms with Gasteiger partial charge in [-0.1, -0.05) is 30.7 Å². The molecular formula is C13H16ClN3. The van der Waals surface area contributed by atoms with Gasteiger partial charge in [0.1, 0.15) is 11.0 Å². The Morgan fingerprint density at radius 3 is 2.53 bits per heavy atom. The largest absolute Gasteiger partial charge is 0.378 e. The zero-order valence-corrected chi connectivity index (χ0v) is 10.8. The van der Waals surface area contributed by atoms with E-state index in [-0.39, 0.29) is 0 Å². The molecule has 1 N–H and O–H groups in total. The van der Waals surface area contributed by atoms with Crippen LogP contribution in [0.1, 0.15) is 18.3 Å². The number of halogens is 1. The zero-order chi connectivity index (χ0) is 12.3. The summed E-state index contributed by atoms with van der Waals surface area (Å²) in [6, 6.07) is 8.44. The highest BCUT2D eigenvalue weighted by molar-refractivity contribution is 6.29. The number of nitrogens with one attached hydrogen (secondary N) is 1. The summed E-state index contributed by atoms with van der Waals surface area (Å²) in [7, 11) is 1.91. The maximum Gasteiger partial charge on any atom is 0.128 e. The molecule has 0 saturated heterocycles. The van der Waals surface area contributed by atoms with Gasteiger partial charge in [0, 0.05) is 12.7 Å². The maximum absolute atomic E-state index is 5.92. The number of hydrogen-bond donors (Lipinski definition) is 1.